The number of imide groups is 1. The summed E-state index contributed by atoms with van der Waals surface area (Å²) in [5.41, 5.74) is 0.800. The van der Waals surface area contributed by atoms with Gasteiger partial charge in [-0.15, -0.1) is 0 Å². The molecule has 2 aromatic rings. The average molecular weight is 489 g/mol. The normalized spacial score (nSPS) is 17.7. The molecule has 2 fully saturated rings. The molecule has 10 heteroatoms. The van der Waals surface area contributed by atoms with Crippen LogP contribution in [0.15, 0.2) is 39.7 Å². The first-order chi connectivity index (χ1) is 15.9. The third kappa shape index (κ3) is 4.99. The van der Waals surface area contributed by atoms with E-state index in [1.807, 2.05) is 0 Å². The number of thioether (sulfide) groups is 1. The number of methoxy groups -OCH3 is 1. The molecule has 0 saturated carbocycles. The summed E-state index contributed by atoms with van der Waals surface area (Å²) in [6, 6.07) is 8.14. The summed E-state index contributed by atoms with van der Waals surface area (Å²) in [5.74, 6) is -0.508. The van der Waals surface area contributed by atoms with E-state index in [1.165, 1.54) is 13.2 Å². The molecule has 0 radical (unpaired) electrons. The summed E-state index contributed by atoms with van der Waals surface area (Å²) in [6.07, 6.45) is 4.42. The predicted octanol–water partition coefficient (Wildman–Crippen LogP) is 4.44. The monoisotopic (exact) mass is 488 g/mol. The van der Waals surface area contributed by atoms with E-state index in [4.69, 9.17) is 20.8 Å². The summed E-state index contributed by atoms with van der Waals surface area (Å²) < 4.78 is 10.5. The molecule has 1 aromatic heterocycles. The zero-order valence-corrected chi connectivity index (χ0v) is 19.4. The van der Waals surface area contributed by atoms with Gasteiger partial charge >= 0.3 is 5.97 Å². The Bertz CT molecular complexity index is 1150. The number of likely N-dealkylation sites (tertiary alicyclic amines) is 1. The Morgan fingerprint density at radius 2 is 1.91 bits per heavy atom. The molecule has 1 aromatic carbocycles. The second-order valence-electron chi connectivity index (χ2n) is 7.60. The lowest BCUT2D eigenvalue weighted by Gasteiger charge is -2.27. The van der Waals surface area contributed by atoms with Crippen LogP contribution in [0.5, 0.6) is 0 Å². The van der Waals surface area contributed by atoms with Gasteiger partial charge in [0.15, 0.2) is 0 Å². The molecule has 2 aliphatic rings. The Morgan fingerprint density at radius 1 is 1.15 bits per heavy atom. The Morgan fingerprint density at radius 3 is 2.64 bits per heavy atom. The van der Waals surface area contributed by atoms with Crippen molar-refractivity contribution in [2.75, 3.05) is 26.7 Å². The van der Waals surface area contributed by atoms with Crippen molar-refractivity contribution in [2.45, 2.75) is 19.3 Å². The van der Waals surface area contributed by atoms with Crippen LogP contribution in [0.25, 0.3) is 17.4 Å². The number of amides is 3. The predicted molar refractivity (Wildman–Crippen MR) is 124 cm³/mol. The number of piperidine rings is 1. The summed E-state index contributed by atoms with van der Waals surface area (Å²) in [6.45, 7) is 1.05. The minimum atomic E-state index is -0.568. The quantitative estimate of drug-likeness (QED) is 0.453. The van der Waals surface area contributed by atoms with Gasteiger partial charge in [0.25, 0.3) is 11.1 Å². The minimum Gasteiger partial charge on any atom is -0.465 e. The third-order valence-corrected chi connectivity index (χ3v) is 6.67. The Kier molecular flexibility index (Phi) is 6.90. The van der Waals surface area contributed by atoms with Crippen LogP contribution in [-0.2, 0) is 14.3 Å². The molecular formula is C23H21ClN2O6S. The van der Waals surface area contributed by atoms with E-state index in [1.54, 1.807) is 35.2 Å². The van der Waals surface area contributed by atoms with Crippen LogP contribution in [0.1, 0.15) is 35.4 Å². The zero-order chi connectivity index (χ0) is 23.5. The molecule has 3 heterocycles. The van der Waals surface area contributed by atoms with Crippen LogP contribution >= 0.6 is 23.4 Å². The van der Waals surface area contributed by atoms with Gasteiger partial charge in [-0.1, -0.05) is 11.6 Å². The fraction of sp³-hybridized carbons (Fsp3) is 0.304. The van der Waals surface area contributed by atoms with Gasteiger partial charge in [0, 0.05) is 24.7 Å². The molecule has 0 N–H and O–H groups in total. The highest BCUT2D eigenvalue weighted by atomic mass is 35.5. The molecule has 8 nitrogen and oxygen atoms in total. The molecule has 3 amide bonds. The molecule has 0 unspecified atom stereocenters. The number of rotatable bonds is 5. The lowest BCUT2D eigenvalue weighted by atomic mass is 10.1. The van der Waals surface area contributed by atoms with Crippen molar-refractivity contribution in [3.8, 4) is 11.3 Å². The van der Waals surface area contributed by atoms with Gasteiger partial charge in [0.1, 0.15) is 18.1 Å². The molecule has 2 saturated heterocycles. The fourth-order valence-electron chi connectivity index (χ4n) is 3.67. The number of carbonyl (C=O) groups excluding carboxylic acids is 4. The molecule has 33 heavy (non-hydrogen) atoms. The number of carbonyl (C=O) groups is 4. The van der Waals surface area contributed by atoms with E-state index < -0.39 is 17.1 Å². The topological polar surface area (TPSA) is 97.1 Å². The van der Waals surface area contributed by atoms with Crippen molar-refractivity contribution < 1.29 is 28.3 Å². The van der Waals surface area contributed by atoms with Crippen molar-refractivity contribution in [1.29, 1.82) is 0 Å². The van der Waals surface area contributed by atoms with Crippen molar-refractivity contribution in [3.63, 3.8) is 0 Å². The van der Waals surface area contributed by atoms with Gasteiger partial charge in [-0.05, 0) is 61.4 Å². The number of nitrogens with zero attached hydrogens (tertiary/aromatic N) is 2. The number of esters is 1. The highest BCUT2D eigenvalue weighted by Gasteiger charge is 2.37. The summed E-state index contributed by atoms with van der Waals surface area (Å²) in [4.78, 5) is 52.3. The first-order valence-electron chi connectivity index (χ1n) is 10.4. The maximum absolute atomic E-state index is 12.7. The first-order valence-corrected chi connectivity index (χ1v) is 11.6. The van der Waals surface area contributed by atoms with Crippen LogP contribution in [0.2, 0.25) is 5.02 Å². The number of furan rings is 1. The maximum Gasteiger partial charge on any atom is 0.339 e. The molecule has 4 rings (SSSR count). The van der Waals surface area contributed by atoms with E-state index in [0.717, 1.165) is 35.9 Å². The van der Waals surface area contributed by atoms with Gasteiger partial charge in [-0.2, -0.15) is 0 Å². The van der Waals surface area contributed by atoms with Crippen LogP contribution in [0, 0.1) is 0 Å². The van der Waals surface area contributed by atoms with Crippen LogP contribution < -0.4 is 0 Å². The Labute approximate surface area is 199 Å². The summed E-state index contributed by atoms with van der Waals surface area (Å²) in [5, 5.41) is -0.228. The molecule has 0 spiro atoms. The second-order valence-corrected chi connectivity index (χ2v) is 9.00. The molecule has 0 atom stereocenters. The highest BCUT2D eigenvalue weighted by Crippen LogP contribution is 2.34. The number of hydrogen-bond donors (Lipinski definition) is 0. The summed E-state index contributed by atoms with van der Waals surface area (Å²) >= 11 is 6.83. The standard InChI is InChI=1S/C23H21ClN2O6S/c1-31-22(29)16-11-14(5-7-17(16)24)18-8-6-15(32-18)12-19-21(28)26(23(30)33-19)13-20(27)25-9-3-2-4-10-25/h5-8,11-12H,2-4,9-10,13H2,1H3/b19-12-. The average Bonchev–Trinajstić information content (AvgIpc) is 3.39. The van der Waals surface area contributed by atoms with Crippen molar-refractivity contribution >= 4 is 52.5 Å². The number of ether oxygens (including phenoxy) is 1. The van der Waals surface area contributed by atoms with E-state index in [9.17, 15) is 19.2 Å². The SMILES string of the molecule is COC(=O)c1cc(-c2ccc(/C=C3\SC(=O)N(CC(=O)N4CCCCC4)C3=O)o2)ccc1Cl. The largest absolute Gasteiger partial charge is 0.465 e. The number of halogens is 1. The van der Waals surface area contributed by atoms with Gasteiger partial charge < -0.3 is 14.1 Å². The zero-order valence-electron chi connectivity index (χ0n) is 17.8. The Balaban J connectivity index is 1.49. The van der Waals surface area contributed by atoms with Gasteiger partial charge in [0.05, 0.1) is 22.6 Å². The van der Waals surface area contributed by atoms with Gasteiger partial charge in [-0.3, -0.25) is 19.3 Å². The minimum absolute atomic E-state index is 0.179. The molecule has 172 valence electrons. The van der Waals surface area contributed by atoms with Crippen LogP contribution in [0.3, 0.4) is 0 Å². The van der Waals surface area contributed by atoms with Crippen LogP contribution in [0.4, 0.5) is 4.79 Å². The number of benzene rings is 1. The molecule has 0 bridgehead atoms. The highest BCUT2D eigenvalue weighted by molar-refractivity contribution is 8.18. The molecular weight excluding hydrogens is 468 g/mol. The van der Waals surface area contributed by atoms with Crippen LogP contribution in [-0.4, -0.2) is 59.6 Å². The fourth-order valence-corrected chi connectivity index (χ4v) is 4.69. The van der Waals surface area contributed by atoms with E-state index in [-0.39, 0.29) is 27.9 Å². The lowest BCUT2D eigenvalue weighted by Crippen LogP contribution is -2.44. The first kappa shape index (κ1) is 23.1. The molecule has 0 aliphatic carbocycles. The van der Waals surface area contributed by atoms with E-state index >= 15 is 0 Å². The second kappa shape index (κ2) is 9.84. The van der Waals surface area contributed by atoms with Crippen molar-refractivity contribution in [2.24, 2.45) is 0 Å². The smallest absolute Gasteiger partial charge is 0.339 e. The Hall–Kier alpha value is -3.04. The van der Waals surface area contributed by atoms with Crippen molar-refractivity contribution in [3.05, 3.63) is 51.6 Å². The summed E-state index contributed by atoms with van der Waals surface area (Å²) in [7, 11) is 1.27. The van der Waals surface area contributed by atoms with Gasteiger partial charge in [-0.25, -0.2) is 4.79 Å². The van der Waals surface area contributed by atoms with Gasteiger partial charge in [0.2, 0.25) is 5.91 Å². The van der Waals surface area contributed by atoms with E-state index in [0.29, 0.717) is 30.2 Å². The third-order valence-electron chi connectivity index (χ3n) is 5.43. The molecule has 2 aliphatic heterocycles. The van der Waals surface area contributed by atoms with E-state index in [2.05, 4.69) is 0 Å². The van der Waals surface area contributed by atoms with Crippen molar-refractivity contribution in [1.82, 2.24) is 9.80 Å². The lowest BCUT2D eigenvalue weighted by molar-refractivity contribution is -0.136. The maximum atomic E-state index is 12.7. The number of hydrogen-bond acceptors (Lipinski definition) is 7.